The second kappa shape index (κ2) is 7.41. The molecule has 1 saturated carbocycles. The molecule has 1 fully saturated rings. The zero-order chi connectivity index (χ0) is 15.2. The Morgan fingerprint density at radius 3 is 2.81 bits per heavy atom. The predicted molar refractivity (Wildman–Crippen MR) is 83.5 cm³/mol. The van der Waals surface area contributed by atoms with E-state index in [2.05, 4.69) is 12.2 Å². The van der Waals surface area contributed by atoms with Crippen LogP contribution in [0, 0.1) is 16.0 Å². The molecule has 5 heteroatoms. The van der Waals surface area contributed by atoms with Crippen molar-refractivity contribution in [3.05, 3.63) is 33.9 Å². The Labute approximate surface area is 125 Å². The van der Waals surface area contributed by atoms with Crippen molar-refractivity contribution in [2.75, 3.05) is 12.4 Å². The second-order valence-electron chi connectivity index (χ2n) is 5.66. The average Bonchev–Trinajstić information content (AvgIpc) is 2.52. The van der Waals surface area contributed by atoms with Gasteiger partial charge in [0.05, 0.1) is 17.6 Å². The highest BCUT2D eigenvalue weighted by Gasteiger charge is 2.24. The van der Waals surface area contributed by atoms with E-state index >= 15 is 0 Å². The molecular formula is C16H24N2O3. The maximum atomic E-state index is 11.1. The van der Waals surface area contributed by atoms with Crippen LogP contribution >= 0.6 is 0 Å². The fourth-order valence-corrected chi connectivity index (χ4v) is 3.09. The van der Waals surface area contributed by atoms with Crippen molar-refractivity contribution in [2.24, 2.45) is 5.92 Å². The molecule has 0 aliphatic heterocycles. The minimum atomic E-state index is -0.356. The molecule has 1 aromatic rings. The SMILES string of the molecule is CCC1CCCCC1OCc1ccc(NC)c([N+](=O)[O-])c1. The van der Waals surface area contributed by atoms with Gasteiger partial charge in [0.25, 0.3) is 5.69 Å². The molecule has 0 radical (unpaired) electrons. The molecule has 2 atom stereocenters. The van der Waals surface area contributed by atoms with E-state index < -0.39 is 0 Å². The van der Waals surface area contributed by atoms with E-state index in [1.807, 2.05) is 6.07 Å². The monoisotopic (exact) mass is 292 g/mol. The van der Waals surface area contributed by atoms with Crippen molar-refractivity contribution >= 4 is 11.4 Å². The van der Waals surface area contributed by atoms with Crippen LogP contribution in [-0.2, 0) is 11.3 Å². The fraction of sp³-hybridized carbons (Fsp3) is 0.625. The van der Waals surface area contributed by atoms with Gasteiger partial charge in [0.1, 0.15) is 5.69 Å². The third-order valence-corrected chi connectivity index (χ3v) is 4.36. The Kier molecular flexibility index (Phi) is 5.56. The molecule has 116 valence electrons. The Balaban J connectivity index is 2.02. The Bertz CT molecular complexity index is 490. The lowest BCUT2D eigenvalue weighted by atomic mass is 9.85. The van der Waals surface area contributed by atoms with Gasteiger partial charge in [-0.1, -0.05) is 32.3 Å². The number of nitro groups is 1. The van der Waals surface area contributed by atoms with Gasteiger partial charge in [-0.05, 0) is 30.4 Å². The molecule has 0 heterocycles. The summed E-state index contributed by atoms with van der Waals surface area (Å²) in [6.45, 7) is 2.66. The van der Waals surface area contributed by atoms with Crippen molar-refractivity contribution in [1.29, 1.82) is 0 Å². The molecule has 1 N–H and O–H groups in total. The molecule has 0 spiro atoms. The molecule has 5 nitrogen and oxygen atoms in total. The summed E-state index contributed by atoms with van der Waals surface area (Å²) in [5, 5.41) is 13.9. The lowest BCUT2D eigenvalue weighted by Crippen LogP contribution is -2.27. The highest BCUT2D eigenvalue weighted by atomic mass is 16.6. The molecule has 0 aromatic heterocycles. The van der Waals surface area contributed by atoms with Crippen LogP contribution in [0.2, 0.25) is 0 Å². The molecule has 0 saturated heterocycles. The number of nitro benzene ring substituents is 1. The number of rotatable bonds is 6. The van der Waals surface area contributed by atoms with Gasteiger partial charge in [0.15, 0.2) is 0 Å². The first-order valence-electron chi connectivity index (χ1n) is 7.72. The van der Waals surface area contributed by atoms with E-state index in [9.17, 15) is 10.1 Å². The van der Waals surface area contributed by atoms with Gasteiger partial charge < -0.3 is 10.1 Å². The van der Waals surface area contributed by atoms with Crippen LogP contribution in [0.15, 0.2) is 18.2 Å². The summed E-state index contributed by atoms with van der Waals surface area (Å²) < 4.78 is 6.04. The normalized spacial score (nSPS) is 22.0. The van der Waals surface area contributed by atoms with Gasteiger partial charge in [-0.25, -0.2) is 0 Å². The van der Waals surface area contributed by atoms with Crippen LogP contribution in [0.5, 0.6) is 0 Å². The molecular weight excluding hydrogens is 268 g/mol. The van der Waals surface area contributed by atoms with E-state index in [1.165, 1.54) is 19.3 Å². The third kappa shape index (κ3) is 3.94. The maximum absolute atomic E-state index is 11.1. The Hall–Kier alpha value is -1.62. The van der Waals surface area contributed by atoms with Crippen LogP contribution < -0.4 is 5.32 Å². The number of ether oxygens (including phenoxy) is 1. The lowest BCUT2D eigenvalue weighted by Gasteiger charge is -2.30. The zero-order valence-corrected chi connectivity index (χ0v) is 12.8. The second-order valence-corrected chi connectivity index (χ2v) is 5.66. The highest BCUT2D eigenvalue weighted by molar-refractivity contribution is 5.62. The predicted octanol–water partition coefficient (Wildman–Crippen LogP) is 4.12. The molecule has 1 aliphatic carbocycles. The standard InChI is InChI=1S/C16H24N2O3/c1-3-13-6-4-5-7-16(13)21-11-12-8-9-14(17-2)15(10-12)18(19)20/h8-10,13,16-17H,3-7,11H2,1-2H3. The fourth-order valence-electron chi connectivity index (χ4n) is 3.09. The van der Waals surface area contributed by atoms with Gasteiger partial charge >= 0.3 is 0 Å². The molecule has 1 aliphatic rings. The Morgan fingerprint density at radius 1 is 1.38 bits per heavy atom. The van der Waals surface area contributed by atoms with E-state index in [0.717, 1.165) is 18.4 Å². The van der Waals surface area contributed by atoms with Crippen molar-refractivity contribution in [3.63, 3.8) is 0 Å². The van der Waals surface area contributed by atoms with Crippen molar-refractivity contribution in [1.82, 2.24) is 0 Å². The summed E-state index contributed by atoms with van der Waals surface area (Å²) in [6.07, 6.45) is 6.30. The van der Waals surface area contributed by atoms with E-state index in [-0.39, 0.29) is 10.6 Å². The minimum Gasteiger partial charge on any atom is -0.383 e. The number of benzene rings is 1. The molecule has 2 rings (SSSR count). The molecule has 1 aromatic carbocycles. The first-order chi connectivity index (χ1) is 10.2. The van der Waals surface area contributed by atoms with Crippen molar-refractivity contribution in [3.8, 4) is 0 Å². The first kappa shape index (κ1) is 15.8. The van der Waals surface area contributed by atoms with E-state index in [1.54, 1.807) is 19.2 Å². The number of hydrogen-bond acceptors (Lipinski definition) is 4. The topological polar surface area (TPSA) is 64.4 Å². The summed E-state index contributed by atoms with van der Waals surface area (Å²) >= 11 is 0. The summed E-state index contributed by atoms with van der Waals surface area (Å²) in [4.78, 5) is 10.7. The van der Waals surface area contributed by atoms with Gasteiger partial charge in [-0.15, -0.1) is 0 Å². The zero-order valence-electron chi connectivity index (χ0n) is 12.8. The number of hydrogen-bond donors (Lipinski definition) is 1. The number of nitrogens with zero attached hydrogens (tertiary/aromatic N) is 1. The Morgan fingerprint density at radius 2 is 2.14 bits per heavy atom. The maximum Gasteiger partial charge on any atom is 0.292 e. The van der Waals surface area contributed by atoms with E-state index in [0.29, 0.717) is 24.3 Å². The summed E-state index contributed by atoms with van der Waals surface area (Å²) in [7, 11) is 1.69. The van der Waals surface area contributed by atoms with Gasteiger partial charge in [0.2, 0.25) is 0 Å². The highest BCUT2D eigenvalue weighted by Crippen LogP contribution is 2.31. The van der Waals surface area contributed by atoms with Crippen molar-refractivity contribution < 1.29 is 9.66 Å². The third-order valence-electron chi connectivity index (χ3n) is 4.36. The summed E-state index contributed by atoms with van der Waals surface area (Å²) in [5.74, 6) is 0.630. The summed E-state index contributed by atoms with van der Waals surface area (Å²) in [6, 6.07) is 5.24. The lowest BCUT2D eigenvalue weighted by molar-refractivity contribution is -0.384. The van der Waals surface area contributed by atoms with E-state index in [4.69, 9.17) is 4.74 Å². The van der Waals surface area contributed by atoms with Crippen LogP contribution in [0.1, 0.15) is 44.6 Å². The molecule has 21 heavy (non-hydrogen) atoms. The van der Waals surface area contributed by atoms with Crippen LogP contribution in [0.25, 0.3) is 0 Å². The molecule has 2 unspecified atom stereocenters. The van der Waals surface area contributed by atoms with Crippen LogP contribution in [0.4, 0.5) is 11.4 Å². The number of nitrogens with one attached hydrogen (secondary N) is 1. The van der Waals surface area contributed by atoms with Crippen molar-refractivity contribution in [2.45, 2.75) is 51.7 Å². The largest absolute Gasteiger partial charge is 0.383 e. The minimum absolute atomic E-state index is 0.106. The summed E-state index contributed by atoms with van der Waals surface area (Å²) in [5.41, 5.74) is 1.50. The number of anilines is 1. The molecule has 0 bridgehead atoms. The van der Waals surface area contributed by atoms with Crippen LogP contribution in [-0.4, -0.2) is 18.1 Å². The molecule has 0 amide bonds. The average molecular weight is 292 g/mol. The van der Waals surface area contributed by atoms with Gasteiger partial charge in [-0.3, -0.25) is 10.1 Å². The van der Waals surface area contributed by atoms with Gasteiger partial charge in [-0.2, -0.15) is 0 Å². The van der Waals surface area contributed by atoms with Gasteiger partial charge in [0, 0.05) is 13.1 Å². The first-order valence-corrected chi connectivity index (χ1v) is 7.72. The smallest absolute Gasteiger partial charge is 0.292 e. The quantitative estimate of drug-likeness (QED) is 0.632. The van der Waals surface area contributed by atoms with Crippen LogP contribution in [0.3, 0.4) is 0 Å².